The Bertz CT molecular complexity index is 1070. The third-order valence-electron chi connectivity index (χ3n) is 4.41. The van der Waals surface area contributed by atoms with E-state index in [1.54, 1.807) is 12.1 Å². The van der Waals surface area contributed by atoms with Gasteiger partial charge in [0.1, 0.15) is 0 Å². The predicted molar refractivity (Wildman–Crippen MR) is 113 cm³/mol. The van der Waals surface area contributed by atoms with E-state index >= 15 is 0 Å². The Morgan fingerprint density at radius 3 is 2.52 bits per heavy atom. The first-order valence-corrected chi connectivity index (χ1v) is 9.47. The maximum atomic E-state index is 11.2. The minimum atomic E-state index is -1.04. The van der Waals surface area contributed by atoms with Crippen LogP contribution in [0.15, 0.2) is 51.9 Å². The van der Waals surface area contributed by atoms with Crippen molar-refractivity contribution in [3.8, 4) is 5.69 Å². The number of benzene rings is 2. The number of aryl methyl sites for hydroxylation is 2. The van der Waals surface area contributed by atoms with Crippen molar-refractivity contribution in [2.45, 2.75) is 20.8 Å². The Morgan fingerprint density at radius 1 is 1.15 bits per heavy atom. The Balaban J connectivity index is 1.99. The molecule has 0 atom stereocenters. The van der Waals surface area contributed by atoms with E-state index in [2.05, 4.69) is 20.9 Å². The molecule has 0 aliphatic heterocycles. The van der Waals surface area contributed by atoms with E-state index in [9.17, 15) is 4.79 Å². The highest BCUT2D eigenvalue weighted by Crippen LogP contribution is 2.26. The molecular weight excluding hydrogens is 428 g/mol. The van der Waals surface area contributed by atoms with Gasteiger partial charge in [-0.05, 0) is 68.8 Å². The van der Waals surface area contributed by atoms with Gasteiger partial charge in [-0.3, -0.25) is 4.99 Å². The Morgan fingerprint density at radius 2 is 1.89 bits per heavy atom. The topological polar surface area (TPSA) is 54.6 Å². The minimum absolute atomic E-state index is 0.0929. The molecule has 0 aliphatic rings. The minimum Gasteiger partial charge on any atom is -0.478 e. The summed E-state index contributed by atoms with van der Waals surface area (Å²) >= 11 is 9.59. The van der Waals surface area contributed by atoms with Crippen molar-refractivity contribution in [2.75, 3.05) is 0 Å². The van der Waals surface area contributed by atoms with Crippen LogP contribution >= 0.6 is 27.5 Å². The van der Waals surface area contributed by atoms with Gasteiger partial charge in [-0.15, -0.1) is 0 Å². The van der Waals surface area contributed by atoms with Gasteiger partial charge in [0.05, 0.1) is 16.3 Å². The number of carboxylic acid groups (broad SMARTS) is 1. The fourth-order valence-electron chi connectivity index (χ4n) is 3.03. The van der Waals surface area contributed by atoms with Crippen LogP contribution in [0.5, 0.6) is 0 Å². The van der Waals surface area contributed by atoms with Gasteiger partial charge in [0.15, 0.2) is 0 Å². The molecule has 2 aromatic carbocycles. The molecule has 1 N–H and O–H groups in total. The zero-order valence-electron chi connectivity index (χ0n) is 15.1. The van der Waals surface area contributed by atoms with Crippen molar-refractivity contribution in [3.05, 3.63) is 80.0 Å². The van der Waals surface area contributed by atoms with Crippen molar-refractivity contribution in [1.29, 1.82) is 0 Å². The van der Waals surface area contributed by atoms with Crippen molar-refractivity contribution >= 4 is 45.4 Å². The first-order valence-electron chi connectivity index (χ1n) is 8.30. The molecule has 138 valence electrons. The van der Waals surface area contributed by atoms with Gasteiger partial charge in [-0.25, -0.2) is 4.79 Å². The molecule has 0 unspecified atom stereocenters. The second-order valence-corrected chi connectivity index (χ2v) is 7.64. The van der Waals surface area contributed by atoms with Gasteiger partial charge < -0.3 is 9.67 Å². The second kappa shape index (κ2) is 7.71. The number of carboxylic acids is 1. The molecule has 4 nitrogen and oxygen atoms in total. The van der Waals surface area contributed by atoms with Gasteiger partial charge in [-0.2, -0.15) is 0 Å². The number of halogens is 2. The van der Waals surface area contributed by atoms with Crippen molar-refractivity contribution in [1.82, 2.24) is 4.57 Å². The van der Waals surface area contributed by atoms with Crippen molar-refractivity contribution in [2.24, 2.45) is 4.99 Å². The van der Waals surface area contributed by atoms with Crippen molar-refractivity contribution < 1.29 is 9.90 Å². The maximum Gasteiger partial charge on any atom is 0.337 e. The summed E-state index contributed by atoms with van der Waals surface area (Å²) < 4.78 is 3.06. The van der Waals surface area contributed by atoms with E-state index in [0.717, 1.165) is 38.4 Å². The molecule has 0 fully saturated rings. The van der Waals surface area contributed by atoms with Crippen LogP contribution in [0, 0.1) is 20.8 Å². The zero-order valence-corrected chi connectivity index (χ0v) is 17.5. The maximum absolute atomic E-state index is 11.2. The van der Waals surface area contributed by atoms with Crippen LogP contribution < -0.4 is 0 Å². The van der Waals surface area contributed by atoms with Gasteiger partial charge in [0, 0.05) is 33.3 Å². The zero-order chi connectivity index (χ0) is 19.7. The lowest BCUT2D eigenvalue weighted by Gasteiger charge is -2.11. The molecule has 0 saturated carbocycles. The molecule has 1 aromatic heterocycles. The number of rotatable bonds is 4. The first-order chi connectivity index (χ1) is 12.8. The van der Waals surface area contributed by atoms with Crippen LogP contribution in [0.4, 0.5) is 5.69 Å². The normalized spacial score (nSPS) is 11.3. The lowest BCUT2D eigenvalue weighted by atomic mass is 10.2. The molecule has 3 rings (SSSR count). The number of aliphatic imine (C=N–C) groups is 1. The number of nitrogens with zero attached hydrogens (tertiary/aromatic N) is 2. The summed E-state index contributed by atoms with van der Waals surface area (Å²) in [7, 11) is 0. The number of aromatic nitrogens is 1. The van der Waals surface area contributed by atoms with Gasteiger partial charge >= 0.3 is 5.97 Å². The summed E-state index contributed by atoms with van der Waals surface area (Å²) in [5.74, 6) is -1.04. The summed E-state index contributed by atoms with van der Waals surface area (Å²) in [6.45, 7) is 6.02. The largest absolute Gasteiger partial charge is 0.478 e. The average Bonchev–Trinajstić information content (AvgIpc) is 2.87. The van der Waals surface area contributed by atoms with E-state index in [1.165, 1.54) is 6.07 Å². The Labute approximate surface area is 171 Å². The molecular formula is C21H18BrClN2O2. The molecule has 3 aromatic rings. The van der Waals surface area contributed by atoms with Gasteiger partial charge in [-0.1, -0.05) is 27.5 Å². The highest BCUT2D eigenvalue weighted by atomic mass is 79.9. The summed E-state index contributed by atoms with van der Waals surface area (Å²) in [4.78, 5) is 15.8. The molecule has 27 heavy (non-hydrogen) atoms. The standard InChI is InChI=1S/C21H18BrClN2O2/c1-12-8-16(22)4-7-20(12)24-11-15-9-13(2)25(14(15)3)17-5-6-18(21(26)27)19(23)10-17/h4-11H,1-3H3,(H,26,27). The number of carbonyl (C=O) groups is 1. The lowest BCUT2D eigenvalue weighted by Crippen LogP contribution is -2.02. The number of hydrogen-bond donors (Lipinski definition) is 1. The van der Waals surface area contributed by atoms with E-state index < -0.39 is 5.97 Å². The Kier molecular flexibility index (Phi) is 5.53. The van der Waals surface area contributed by atoms with Gasteiger partial charge in [0.25, 0.3) is 0 Å². The van der Waals surface area contributed by atoms with E-state index in [1.807, 2.05) is 55.8 Å². The quantitative estimate of drug-likeness (QED) is 0.481. The second-order valence-electron chi connectivity index (χ2n) is 6.32. The van der Waals surface area contributed by atoms with Crippen LogP contribution in [0.1, 0.15) is 32.9 Å². The molecule has 0 bridgehead atoms. The highest BCUT2D eigenvalue weighted by molar-refractivity contribution is 9.10. The van der Waals surface area contributed by atoms with Crippen LogP contribution in [0.2, 0.25) is 5.02 Å². The lowest BCUT2D eigenvalue weighted by molar-refractivity contribution is 0.0697. The summed E-state index contributed by atoms with van der Waals surface area (Å²) in [5.41, 5.74) is 5.93. The van der Waals surface area contributed by atoms with E-state index in [4.69, 9.17) is 16.7 Å². The Hall–Kier alpha value is -2.37. The summed E-state index contributed by atoms with van der Waals surface area (Å²) in [6, 6.07) is 13.0. The van der Waals surface area contributed by atoms with Crippen LogP contribution in [-0.4, -0.2) is 21.9 Å². The molecule has 6 heteroatoms. The molecule has 0 amide bonds. The third kappa shape index (κ3) is 3.99. The van der Waals surface area contributed by atoms with Crippen LogP contribution in [0.3, 0.4) is 0 Å². The average molecular weight is 446 g/mol. The smallest absolute Gasteiger partial charge is 0.337 e. The molecule has 0 saturated heterocycles. The summed E-state index contributed by atoms with van der Waals surface area (Å²) in [5, 5.41) is 9.36. The van der Waals surface area contributed by atoms with E-state index in [-0.39, 0.29) is 10.6 Å². The molecule has 0 radical (unpaired) electrons. The highest BCUT2D eigenvalue weighted by Gasteiger charge is 2.13. The first kappa shape index (κ1) is 19.4. The molecule has 1 heterocycles. The van der Waals surface area contributed by atoms with Crippen molar-refractivity contribution in [3.63, 3.8) is 0 Å². The van der Waals surface area contributed by atoms with E-state index in [0.29, 0.717) is 0 Å². The van der Waals surface area contributed by atoms with Crippen LogP contribution in [0.25, 0.3) is 5.69 Å². The fraction of sp³-hybridized carbons (Fsp3) is 0.143. The monoisotopic (exact) mass is 444 g/mol. The molecule has 0 aliphatic carbocycles. The van der Waals surface area contributed by atoms with Gasteiger partial charge in [0.2, 0.25) is 0 Å². The predicted octanol–water partition coefficient (Wildman–Crippen LogP) is 6.27. The number of aromatic carboxylic acids is 1. The van der Waals surface area contributed by atoms with Crippen LogP contribution in [-0.2, 0) is 0 Å². The fourth-order valence-corrected chi connectivity index (χ4v) is 3.77. The third-order valence-corrected chi connectivity index (χ3v) is 5.22. The number of hydrogen-bond acceptors (Lipinski definition) is 2. The SMILES string of the molecule is Cc1cc(Br)ccc1N=Cc1cc(C)n(-c2ccc(C(=O)O)c(Cl)c2)c1C. The molecule has 0 spiro atoms. The summed E-state index contributed by atoms with van der Waals surface area (Å²) in [6.07, 6.45) is 1.85.